The first-order chi connectivity index (χ1) is 8.06. The van der Waals surface area contributed by atoms with Gasteiger partial charge in [0.2, 0.25) is 5.91 Å². The Labute approximate surface area is 109 Å². The van der Waals surface area contributed by atoms with Crippen molar-refractivity contribution in [2.24, 2.45) is 5.41 Å². The van der Waals surface area contributed by atoms with Crippen molar-refractivity contribution in [1.29, 1.82) is 0 Å². The van der Waals surface area contributed by atoms with E-state index in [1.54, 1.807) is 20.8 Å². The van der Waals surface area contributed by atoms with Crippen LogP contribution in [0.15, 0.2) is 0 Å². The third kappa shape index (κ3) is 8.98. The maximum Gasteiger partial charge on any atom is 0.306 e. The second-order valence-corrected chi connectivity index (χ2v) is 6.19. The summed E-state index contributed by atoms with van der Waals surface area (Å²) < 4.78 is 5.10. The highest BCUT2D eigenvalue weighted by atomic mass is 16.6. The van der Waals surface area contributed by atoms with Crippen molar-refractivity contribution in [1.82, 2.24) is 5.32 Å². The van der Waals surface area contributed by atoms with Crippen LogP contribution in [0.2, 0.25) is 0 Å². The second-order valence-electron chi connectivity index (χ2n) is 6.19. The quantitative estimate of drug-likeness (QED) is 0.704. The van der Waals surface area contributed by atoms with Crippen LogP contribution in [0, 0.1) is 5.41 Å². The zero-order valence-corrected chi connectivity index (χ0v) is 12.0. The van der Waals surface area contributed by atoms with Crippen molar-refractivity contribution in [2.45, 2.75) is 53.1 Å². The molecule has 106 valence electrons. The highest BCUT2D eigenvalue weighted by molar-refractivity contribution is 5.81. The largest absolute Gasteiger partial charge is 0.460 e. The molecular formula is C13H25NO4. The Bertz CT molecular complexity index is 292. The van der Waals surface area contributed by atoms with E-state index in [0.717, 1.165) is 0 Å². The first-order valence-electron chi connectivity index (χ1n) is 6.15. The molecule has 0 aliphatic heterocycles. The van der Waals surface area contributed by atoms with Crippen LogP contribution >= 0.6 is 0 Å². The minimum atomic E-state index is -0.521. The minimum Gasteiger partial charge on any atom is -0.460 e. The molecule has 0 unspecified atom stereocenters. The fraction of sp³-hybridized carbons (Fsp3) is 0.846. The van der Waals surface area contributed by atoms with Gasteiger partial charge in [-0.15, -0.1) is 0 Å². The third-order valence-electron chi connectivity index (χ3n) is 2.17. The number of carbonyl (C=O) groups is 2. The summed E-state index contributed by atoms with van der Waals surface area (Å²) in [7, 11) is 0. The lowest BCUT2D eigenvalue weighted by molar-refractivity contribution is -0.155. The van der Waals surface area contributed by atoms with Gasteiger partial charge in [0.1, 0.15) is 5.60 Å². The topological polar surface area (TPSA) is 75.6 Å². The van der Waals surface area contributed by atoms with Crippen molar-refractivity contribution in [3.63, 3.8) is 0 Å². The lowest BCUT2D eigenvalue weighted by Gasteiger charge is -2.22. The van der Waals surface area contributed by atoms with E-state index < -0.39 is 5.60 Å². The van der Waals surface area contributed by atoms with Gasteiger partial charge < -0.3 is 15.2 Å². The summed E-state index contributed by atoms with van der Waals surface area (Å²) in [5, 5.41) is 11.7. The number of amides is 1. The molecule has 5 heteroatoms. The van der Waals surface area contributed by atoms with Crippen molar-refractivity contribution < 1.29 is 19.4 Å². The zero-order valence-electron chi connectivity index (χ0n) is 12.0. The van der Waals surface area contributed by atoms with Crippen LogP contribution < -0.4 is 5.32 Å². The smallest absolute Gasteiger partial charge is 0.306 e. The standard InChI is InChI=1S/C13H25NO4/c1-12(2,3)18-11(17)7-6-10(16)14-8-13(4,5)9-15/h15H,6-9H2,1-5H3,(H,14,16). The summed E-state index contributed by atoms with van der Waals surface area (Å²) in [6.07, 6.45) is 0.180. The van der Waals surface area contributed by atoms with Crippen molar-refractivity contribution >= 4 is 11.9 Å². The number of nitrogens with one attached hydrogen (secondary N) is 1. The highest BCUT2D eigenvalue weighted by Crippen LogP contribution is 2.12. The van der Waals surface area contributed by atoms with E-state index in [1.165, 1.54) is 0 Å². The van der Waals surface area contributed by atoms with Crippen molar-refractivity contribution in [2.75, 3.05) is 13.2 Å². The lowest BCUT2D eigenvalue weighted by Crippen LogP contribution is -2.36. The minimum absolute atomic E-state index is 0.000649. The van der Waals surface area contributed by atoms with E-state index in [9.17, 15) is 9.59 Å². The van der Waals surface area contributed by atoms with Gasteiger partial charge in [0.15, 0.2) is 0 Å². The van der Waals surface area contributed by atoms with Crippen LogP contribution in [-0.2, 0) is 14.3 Å². The fourth-order valence-corrected chi connectivity index (χ4v) is 1.09. The number of carbonyl (C=O) groups excluding carboxylic acids is 2. The molecule has 0 bridgehead atoms. The Hall–Kier alpha value is -1.10. The average Bonchev–Trinajstić information content (AvgIpc) is 2.21. The molecule has 0 aliphatic carbocycles. The molecule has 5 nitrogen and oxygen atoms in total. The second kappa shape index (κ2) is 6.73. The van der Waals surface area contributed by atoms with E-state index in [-0.39, 0.29) is 36.7 Å². The summed E-state index contributed by atoms with van der Waals surface area (Å²) in [4.78, 5) is 22.9. The number of hydrogen-bond acceptors (Lipinski definition) is 4. The maximum absolute atomic E-state index is 11.5. The first kappa shape index (κ1) is 16.9. The highest BCUT2D eigenvalue weighted by Gasteiger charge is 2.19. The Kier molecular flexibility index (Phi) is 6.32. The number of esters is 1. The maximum atomic E-state index is 11.5. The summed E-state index contributed by atoms with van der Waals surface area (Å²) in [5.74, 6) is -0.582. The van der Waals surface area contributed by atoms with Gasteiger partial charge in [-0.05, 0) is 20.8 Å². The molecule has 2 N–H and O–H groups in total. The van der Waals surface area contributed by atoms with Gasteiger partial charge in [-0.1, -0.05) is 13.8 Å². The zero-order chi connectivity index (χ0) is 14.4. The van der Waals surface area contributed by atoms with E-state index >= 15 is 0 Å². The van der Waals surface area contributed by atoms with Gasteiger partial charge in [-0.25, -0.2) is 0 Å². The number of aliphatic hydroxyl groups is 1. The Morgan fingerprint density at radius 3 is 2.11 bits per heavy atom. The molecule has 0 aliphatic rings. The molecule has 0 spiro atoms. The predicted molar refractivity (Wildman–Crippen MR) is 69.0 cm³/mol. The summed E-state index contributed by atoms with van der Waals surface area (Å²) in [5.41, 5.74) is -0.867. The Morgan fingerprint density at radius 2 is 1.67 bits per heavy atom. The molecule has 0 aromatic heterocycles. The molecule has 0 saturated carbocycles. The number of aliphatic hydroxyl groups excluding tert-OH is 1. The van der Waals surface area contributed by atoms with Gasteiger partial charge >= 0.3 is 5.97 Å². The molecule has 18 heavy (non-hydrogen) atoms. The fourth-order valence-electron chi connectivity index (χ4n) is 1.09. The van der Waals surface area contributed by atoms with Gasteiger partial charge in [0.05, 0.1) is 6.42 Å². The van der Waals surface area contributed by atoms with Crippen molar-refractivity contribution in [3.05, 3.63) is 0 Å². The number of rotatable bonds is 6. The molecule has 0 saturated heterocycles. The summed E-state index contributed by atoms with van der Waals surface area (Å²) in [6, 6.07) is 0. The van der Waals surface area contributed by atoms with Crippen LogP contribution in [-0.4, -0.2) is 35.7 Å². The SMILES string of the molecule is CC(C)(CO)CNC(=O)CCC(=O)OC(C)(C)C. The molecule has 0 atom stereocenters. The van der Waals surface area contributed by atoms with E-state index in [2.05, 4.69) is 5.32 Å². The van der Waals surface area contributed by atoms with Gasteiger partial charge in [0, 0.05) is 25.0 Å². The van der Waals surface area contributed by atoms with Crippen LogP contribution in [0.25, 0.3) is 0 Å². The van der Waals surface area contributed by atoms with Crippen molar-refractivity contribution in [3.8, 4) is 0 Å². The molecule has 0 radical (unpaired) electrons. The lowest BCUT2D eigenvalue weighted by atomic mass is 9.95. The van der Waals surface area contributed by atoms with Crippen LogP contribution in [0.1, 0.15) is 47.5 Å². The van der Waals surface area contributed by atoms with E-state index in [0.29, 0.717) is 6.54 Å². The molecule has 1 amide bonds. The normalized spacial score (nSPS) is 12.1. The molecular weight excluding hydrogens is 234 g/mol. The monoisotopic (exact) mass is 259 g/mol. The van der Waals surface area contributed by atoms with Gasteiger partial charge in [-0.2, -0.15) is 0 Å². The van der Waals surface area contributed by atoms with Gasteiger partial charge in [-0.3, -0.25) is 9.59 Å². The molecule has 0 aromatic carbocycles. The number of ether oxygens (including phenoxy) is 1. The average molecular weight is 259 g/mol. The Balaban J connectivity index is 3.88. The van der Waals surface area contributed by atoms with Gasteiger partial charge in [0.25, 0.3) is 0 Å². The predicted octanol–water partition coefficient (Wildman–Crippen LogP) is 1.24. The molecule has 0 aromatic rings. The molecule has 0 fully saturated rings. The van der Waals surface area contributed by atoms with Crippen LogP contribution in [0.4, 0.5) is 0 Å². The summed E-state index contributed by atoms with van der Waals surface area (Å²) in [6.45, 7) is 9.44. The molecule has 0 heterocycles. The first-order valence-corrected chi connectivity index (χ1v) is 6.15. The Morgan fingerprint density at radius 1 is 1.11 bits per heavy atom. The number of hydrogen-bond donors (Lipinski definition) is 2. The van der Waals surface area contributed by atoms with E-state index in [4.69, 9.17) is 9.84 Å². The van der Waals surface area contributed by atoms with E-state index in [1.807, 2.05) is 13.8 Å². The van der Waals surface area contributed by atoms with Crippen LogP contribution in [0.5, 0.6) is 0 Å². The van der Waals surface area contributed by atoms with Crippen LogP contribution in [0.3, 0.4) is 0 Å². The molecule has 0 rings (SSSR count). The summed E-state index contributed by atoms with van der Waals surface area (Å²) >= 11 is 0. The third-order valence-corrected chi connectivity index (χ3v) is 2.17.